The van der Waals surface area contributed by atoms with Gasteiger partial charge in [0.2, 0.25) is 0 Å². The summed E-state index contributed by atoms with van der Waals surface area (Å²) < 4.78 is 0. The van der Waals surface area contributed by atoms with Gasteiger partial charge in [-0.05, 0) is 22.8 Å². The van der Waals surface area contributed by atoms with Crippen LogP contribution in [0.4, 0.5) is 0 Å². The first-order chi connectivity index (χ1) is 9.66. The summed E-state index contributed by atoms with van der Waals surface area (Å²) in [6.45, 7) is 0. The van der Waals surface area contributed by atoms with Crippen molar-refractivity contribution < 1.29 is 4.79 Å². The molecular formula is C16H15N3O. The van der Waals surface area contributed by atoms with Crippen LogP contribution in [0.2, 0.25) is 0 Å². The first-order valence-corrected chi connectivity index (χ1v) is 6.14. The summed E-state index contributed by atoms with van der Waals surface area (Å²) in [4.78, 5) is 11.5. The van der Waals surface area contributed by atoms with Gasteiger partial charge in [-0.15, -0.1) is 0 Å². The lowest BCUT2D eigenvalue weighted by molar-refractivity contribution is -0.115. The largest absolute Gasteiger partial charge is 0.370 e. The van der Waals surface area contributed by atoms with Crippen LogP contribution >= 0.6 is 0 Å². The summed E-state index contributed by atoms with van der Waals surface area (Å²) in [6.07, 6.45) is 3.07. The smallest absolute Gasteiger partial charge is 0.250 e. The number of carbonyl (C=O) groups excluding carboxylic acids is 1. The quantitative estimate of drug-likeness (QED) is 0.452. The summed E-state index contributed by atoms with van der Waals surface area (Å²) >= 11 is 0. The molecule has 0 unspecified atom stereocenters. The number of carbonyl (C=O) groups is 1. The Labute approximate surface area is 117 Å². The predicted molar refractivity (Wildman–Crippen MR) is 81.0 cm³/mol. The fourth-order valence-corrected chi connectivity index (χ4v) is 1.86. The Hall–Kier alpha value is -2.88. The monoisotopic (exact) mass is 265 g/mol. The zero-order valence-corrected chi connectivity index (χ0v) is 10.8. The number of benzene rings is 2. The summed E-state index contributed by atoms with van der Waals surface area (Å²) in [6, 6.07) is 17.7. The molecule has 2 rings (SSSR count). The van der Waals surface area contributed by atoms with Crippen molar-refractivity contribution in [3.8, 4) is 11.1 Å². The maximum absolute atomic E-state index is 11.5. The fraction of sp³-hybridized carbons (Fsp3) is 0. The van der Waals surface area contributed by atoms with Crippen molar-refractivity contribution in [1.29, 1.82) is 5.41 Å². The van der Waals surface area contributed by atoms with Crippen LogP contribution in [0.1, 0.15) is 5.56 Å². The summed E-state index contributed by atoms with van der Waals surface area (Å²) in [5.74, 6) is -0.781. The molecule has 0 aliphatic carbocycles. The lowest BCUT2D eigenvalue weighted by Crippen LogP contribution is -2.34. The van der Waals surface area contributed by atoms with Gasteiger partial charge in [-0.25, -0.2) is 0 Å². The normalized spacial score (nSPS) is 10.4. The predicted octanol–water partition coefficient (Wildman–Crippen LogP) is 2.38. The lowest BCUT2D eigenvalue weighted by Gasteiger charge is -2.06. The fourth-order valence-electron chi connectivity index (χ4n) is 1.86. The van der Waals surface area contributed by atoms with Gasteiger partial charge >= 0.3 is 0 Å². The molecule has 100 valence electrons. The molecule has 0 saturated heterocycles. The van der Waals surface area contributed by atoms with E-state index in [-0.39, 0.29) is 5.96 Å². The van der Waals surface area contributed by atoms with Crippen molar-refractivity contribution in [3.05, 3.63) is 66.2 Å². The highest BCUT2D eigenvalue weighted by molar-refractivity contribution is 6.02. The van der Waals surface area contributed by atoms with Crippen LogP contribution in [0.15, 0.2) is 60.7 Å². The van der Waals surface area contributed by atoms with E-state index in [2.05, 4.69) is 5.32 Å². The molecule has 0 spiro atoms. The van der Waals surface area contributed by atoms with Gasteiger partial charge in [-0.3, -0.25) is 15.5 Å². The van der Waals surface area contributed by atoms with E-state index in [9.17, 15) is 4.79 Å². The topological polar surface area (TPSA) is 79.0 Å². The SMILES string of the molecule is N=C(N)NC(=O)C=Cc1ccccc1-c1ccccc1. The molecule has 0 saturated carbocycles. The van der Waals surface area contributed by atoms with Gasteiger partial charge in [-0.1, -0.05) is 54.6 Å². The van der Waals surface area contributed by atoms with Crippen LogP contribution in [0.25, 0.3) is 17.2 Å². The number of nitrogens with one attached hydrogen (secondary N) is 2. The minimum absolute atomic E-state index is 0.365. The molecule has 0 bridgehead atoms. The maximum Gasteiger partial charge on any atom is 0.250 e. The van der Waals surface area contributed by atoms with Gasteiger partial charge in [0, 0.05) is 6.08 Å². The van der Waals surface area contributed by atoms with Crippen LogP contribution in [-0.2, 0) is 4.79 Å². The van der Waals surface area contributed by atoms with E-state index < -0.39 is 5.91 Å². The van der Waals surface area contributed by atoms with Crippen molar-refractivity contribution >= 4 is 17.9 Å². The molecule has 0 radical (unpaired) electrons. The minimum atomic E-state index is -0.416. The Morgan fingerprint density at radius 2 is 1.70 bits per heavy atom. The molecule has 0 heterocycles. The van der Waals surface area contributed by atoms with Gasteiger partial charge in [0.25, 0.3) is 5.91 Å². The van der Waals surface area contributed by atoms with Gasteiger partial charge in [0.05, 0.1) is 0 Å². The number of hydrogen-bond donors (Lipinski definition) is 3. The standard InChI is InChI=1S/C16H15N3O/c17-16(18)19-15(20)11-10-13-8-4-5-9-14(13)12-6-2-1-3-7-12/h1-11H,(H4,17,18,19,20). The highest BCUT2D eigenvalue weighted by atomic mass is 16.1. The zero-order chi connectivity index (χ0) is 14.4. The second-order valence-electron chi connectivity index (χ2n) is 4.19. The lowest BCUT2D eigenvalue weighted by atomic mass is 9.99. The summed E-state index contributed by atoms with van der Waals surface area (Å²) in [5, 5.41) is 9.20. The van der Waals surface area contributed by atoms with Gasteiger partial charge in [-0.2, -0.15) is 0 Å². The second kappa shape index (κ2) is 6.33. The number of nitrogens with two attached hydrogens (primary N) is 1. The minimum Gasteiger partial charge on any atom is -0.370 e. The Bertz CT molecular complexity index is 648. The van der Waals surface area contributed by atoms with Crippen LogP contribution in [0.3, 0.4) is 0 Å². The Morgan fingerprint density at radius 1 is 1.05 bits per heavy atom. The molecular weight excluding hydrogens is 250 g/mol. The van der Waals surface area contributed by atoms with Crippen LogP contribution in [0, 0.1) is 5.41 Å². The van der Waals surface area contributed by atoms with E-state index >= 15 is 0 Å². The molecule has 0 fully saturated rings. The average molecular weight is 265 g/mol. The Balaban J connectivity index is 2.27. The third-order valence-corrected chi connectivity index (χ3v) is 2.72. The highest BCUT2D eigenvalue weighted by Crippen LogP contribution is 2.24. The molecule has 20 heavy (non-hydrogen) atoms. The van der Waals surface area contributed by atoms with E-state index in [0.717, 1.165) is 16.7 Å². The molecule has 0 atom stereocenters. The Kier molecular flexibility index (Phi) is 4.29. The third kappa shape index (κ3) is 3.55. The van der Waals surface area contributed by atoms with Crippen LogP contribution in [-0.4, -0.2) is 11.9 Å². The molecule has 2 aromatic carbocycles. The van der Waals surface area contributed by atoms with Crippen molar-refractivity contribution in [2.75, 3.05) is 0 Å². The second-order valence-corrected chi connectivity index (χ2v) is 4.19. The maximum atomic E-state index is 11.5. The van der Waals surface area contributed by atoms with E-state index in [4.69, 9.17) is 11.1 Å². The number of guanidine groups is 1. The van der Waals surface area contributed by atoms with Gasteiger partial charge in [0.1, 0.15) is 0 Å². The molecule has 4 nitrogen and oxygen atoms in total. The van der Waals surface area contributed by atoms with E-state index in [0.29, 0.717) is 0 Å². The van der Waals surface area contributed by atoms with Crippen molar-refractivity contribution in [3.63, 3.8) is 0 Å². The zero-order valence-electron chi connectivity index (χ0n) is 10.8. The number of hydrogen-bond acceptors (Lipinski definition) is 2. The van der Waals surface area contributed by atoms with E-state index in [1.807, 2.05) is 54.6 Å². The van der Waals surface area contributed by atoms with Crippen LogP contribution in [0.5, 0.6) is 0 Å². The molecule has 4 heteroatoms. The first-order valence-electron chi connectivity index (χ1n) is 6.14. The van der Waals surface area contributed by atoms with Crippen molar-refractivity contribution in [1.82, 2.24) is 5.32 Å². The first kappa shape index (κ1) is 13.5. The van der Waals surface area contributed by atoms with E-state index in [1.165, 1.54) is 6.08 Å². The molecule has 4 N–H and O–H groups in total. The summed E-state index contributed by atoms with van der Waals surface area (Å²) in [7, 11) is 0. The molecule has 0 aliphatic heterocycles. The molecule has 0 aliphatic rings. The number of amides is 1. The Morgan fingerprint density at radius 3 is 2.40 bits per heavy atom. The average Bonchev–Trinajstić information content (AvgIpc) is 2.46. The molecule has 0 aromatic heterocycles. The molecule has 1 amide bonds. The van der Waals surface area contributed by atoms with Gasteiger partial charge < -0.3 is 5.73 Å². The highest BCUT2D eigenvalue weighted by Gasteiger charge is 2.02. The van der Waals surface area contributed by atoms with E-state index in [1.54, 1.807) is 6.08 Å². The van der Waals surface area contributed by atoms with Crippen molar-refractivity contribution in [2.24, 2.45) is 5.73 Å². The third-order valence-electron chi connectivity index (χ3n) is 2.72. The summed E-state index contributed by atoms with van der Waals surface area (Å²) in [5.41, 5.74) is 8.15. The molecule has 2 aromatic rings. The van der Waals surface area contributed by atoms with Crippen LogP contribution < -0.4 is 11.1 Å². The number of rotatable bonds is 3. The van der Waals surface area contributed by atoms with Gasteiger partial charge in [0.15, 0.2) is 5.96 Å². The van der Waals surface area contributed by atoms with Crippen molar-refractivity contribution in [2.45, 2.75) is 0 Å².